The first kappa shape index (κ1) is 13.6. The van der Waals surface area contributed by atoms with Gasteiger partial charge >= 0.3 is 108 Å². The van der Waals surface area contributed by atoms with Gasteiger partial charge in [-0.05, 0) is 0 Å². The summed E-state index contributed by atoms with van der Waals surface area (Å²) < 4.78 is 13.0. The molecule has 0 saturated carbocycles. The maximum absolute atomic E-state index is 5.38. The fourth-order valence-corrected chi connectivity index (χ4v) is 8.90. The van der Waals surface area contributed by atoms with Crippen LogP contribution < -0.4 is 13.1 Å². The minimum absolute atomic E-state index is 0.895. The second-order valence-corrected chi connectivity index (χ2v) is 29.6. The van der Waals surface area contributed by atoms with Gasteiger partial charge in [0, 0.05) is 0 Å². The van der Waals surface area contributed by atoms with Crippen molar-refractivity contribution in [1.29, 1.82) is 0 Å². The summed E-state index contributed by atoms with van der Waals surface area (Å²) in [5, 5.41) is 0. The fraction of sp³-hybridized carbons (Fsp3) is 0.400. The van der Waals surface area contributed by atoms with E-state index in [9.17, 15) is 0 Å². The molecular formula is C10H14Br2O2Te. The van der Waals surface area contributed by atoms with Crippen LogP contribution in [0.15, 0.2) is 18.2 Å². The Hall–Kier alpha value is 0.570. The zero-order valence-electron chi connectivity index (χ0n) is 8.92. The first-order valence-electron chi connectivity index (χ1n) is 4.48. The van der Waals surface area contributed by atoms with E-state index in [0.717, 1.165) is 16.0 Å². The predicted octanol–water partition coefficient (Wildman–Crippen LogP) is 3.16. The third-order valence-corrected chi connectivity index (χ3v) is 17.5. The summed E-state index contributed by atoms with van der Waals surface area (Å²) in [4.78, 5) is 0. The molecule has 0 atom stereocenters. The van der Waals surface area contributed by atoms with Crippen LogP contribution >= 0.6 is 25.5 Å². The van der Waals surface area contributed by atoms with Crippen molar-refractivity contribution in [2.24, 2.45) is 0 Å². The Bertz CT molecular complexity index is 320. The summed E-state index contributed by atoms with van der Waals surface area (Å²) in [5.74, 6) is 1.79. The van der Waals surface area contributed by atoms with Gasteiger partial charge in [-0.2, -0.15) is 0 Å². The van der Waals surface area contributed by atoms with E-state index < -0.39 is 13.8 Å². The topological polar surface area (TPSA) is 18.5 Å². The van der Waals surface area contributed by atoms with Crippen LogP contribution in [-0.4, -0.2) is 28.0 Å². The summed E-state index contributed by atoms with van der Waals surface area (Å²) in [6.45, 7) is 2.16. The molecule has 0 radical (unpaired) electrons. The molecule has 0 saturated heterocycles. The van der Waals surface area contributed by atoms with Gasteiger partial charge in [0.25, 0.3) is 0 Å². The number of ether oxygens (including phenoxy) is 2. The van der Waals surface area contributed by atoms with Gasteiger partial charge in [0.2, 0.25) is 0 Å². The molecule has 0 spiro atoms. The Kier molecular flexibility index (Phi) is 5.24. The molecule has 86 valence electrons. The third-order valence-electron chi connectivity index (χ3n) is 2.04. The fourth-order valence-electron chi connectivity index (χ4n) is 1.26. The molecule has 0 bridgehead atoms. The van der Waals surface area contributed by atoms with Crippen molar-refractivity contribution in [2.45, 2.75) is 11.4 Å². The first-order chi connectivity index (χ1) is 7.06. The van der Waals surface area contributed by atoms with Gasteiger partial charge in [0.1, 0.15) is 0 Å². The molecule has 0 aliphatic heterocycles. The van der Waals surface area contributed by atoms with Crippen LogP contribution in [0.5, 0.6) is 11.5 Å². The third kappa shape index (κ3) is 3.03. The van der Waals surface area contributed by atoms with Gasteiger partial charge in [0.15, 0.2) is 0 Å². The van der Waals surface area contributed by atoms with Crippen LogP contribution in [-0.2, 0) is 0 Å². The van der Waals surface area contributed by atoms with Gasteiger partial charge in [-0.15, -0.1) is 0 Å². The molecule has 1 aromatic rings. The summed E-state index contributed by atoms with van der Waals surface area (Å²) in [7, 11) is 3.37. The summed E-state index contributed by atoms with van der Waals surface area (Å²) in [6, 6.07) is 5.88. The van der Waals surface area contributed by atoms with Crippen LogP contribution in [0, 0.1) is 0 Å². The normalized spacial score (nSPS) is 12.3. The summed E-state index contributed by atoms with van der Waals surface area (Å²) in [6.07, 6.45) is 0. The molecule has 0 fully saturated rings. The second-order valence-electron chi connectivity index (χ2n) is 2.86. The van der Waals surface area contributed by atoms with Crippen LogP contribution in [0.4, 0.5) is 0 Å². The molecule has 15 heavy (non-hydrogen) atoms. The molecule has 0 aliphatic rings. The van der Waals surface area contributed by atoms with Gasteiger partial charge in [0.05, 0.1) is 0 Å². The molecule has 0 amide bonds. The van der Waals surface area contributed by atoms with E-state index in [0.29, 0.717) is 0 Å². The Morgan fingerprint density at radius 3 is 1.93 bits per heavy atom. The molecule has 0 N–H and O–H groups in total. The molecule has 2 nitrogen and oxygen atoms in total. The second kappa shape index (κ2) is 5.77. The number of benzene rings is 1. The predicted molar refractivity (Wildman–Crippen MR) is 73.3 cm³/mol. The van der Waals surface area contributed by atoms with Gasteiger partial charge in [-0.1, -0.05) is 0 Å². The Morgan fingerprint density at radius 1 is 1.13 bits per heavy atom. The van der Waals surface area contributed by atoms with Crippen molar-refractivity contribution < 1.29 is 9.47 Å². The molecular weight excluding hydrogens is 440 g/mol. The van der Waals surface area contributed by atoms with Crippen molar-refractivity contribution >= 4 is 42.9 Å². The SMILES string of the molecule is CC[Te](Br)(Br)c1c(OC)cccc1OC. The summed E-state index contributed by atoms with van der Waals surface area (Å²) >= 11 is 5.28. The Balaban J connectivity index is 3.34. The quantitative estimate of drug-likeness (QED) is 0.652. The van der Waals surface area contributed by atoms with E-state index in [1.165, 1.54) is 3.61 Å². The first-order valence-corrected chi connectivity index (χ1v) is 17.7. The van der Waals surface area contributed by atoms with Gasteiger partial charge in [-0.25, -0.2) is 0 Å². The van der Waals surface area contributed by atoms with Crippen molar-refractivity contribution in [3.63, 3.8) is 0 Å². The molecule has 0 aromatic heterocycles. The zero-order chi connectivity index (χ0) is 11.5. The maximum atomic E-state index is 5.38. The Labute approximate surface area is 107 Å². The van der Waals surface area contributed by atoms with E-state index >= 15 is 0 Å². The van der Waals surface area contributed by atoms with E-state index in [-0.39, 0.29) is 0 Å². The zero-order valence-corrected chi connectivity index (χ0v) is 14.4. The summed E-state index contributed by atoms with van der Waals surface area (Å²) in [5.41, 5.74) is 0. The van der Waals surface area contributed by atoms with Gasteiger partial charge in [-0.3, -0.25) is 0 Å². The number of hydrogen-bond acceptors (Lipinski definition) is 2. The number of halogens is 2. The average molecular weight is 454 g/mol. The van der Waals surface area contributed by atoms with Crippen molar-refractivity contribution in [1.82, 2.24) is 0 Å². The van der Waals surface area contributed by atoms with E-state index in [4.69, 9.17) is 9.47 Å². The molecule has 1 aromatic carbocycles. The molecule has 0 aliphatic carbocycles. The number of hydrogen-bond donors (Lipinski definition) is 0. The van der Waals surface area contributed by atoms with Crippen LogP contribution in [0.1, 0.15) is 6.92 Å². The number of rotatable bonds is 4. The van der Waals surface area contributed by atoms with E-state index in [2.05, 4.69) is 32.4 Å². The molecule has 0 heterocycles. The van der Waals surface area contributed by atoms with Crippen molar-refractivity contribution in [3.8, 4) is 11.5 Å². The minimum atomic E-state index is -2.36. The van der Waals surface area contributed by atoms with Crippen LogP contribution in [0.3, 0.4) is 0 Å². The molecule has 0 unspecified atom stereocenters. The average Bonchev–Trinajstić information content (AvgIpc) is 2.27. The van der Waals surface area contributed by atoms with Crippen molar-refractivity contribution in [2.75, 3.05) is 14.2 Å². The van der Waals surface area contributed by atoms with E-state index in [1.807, 2.05) is 18.2 Å². The Morgan fingerprint density at radius 2 is 1.60 bits per heavy atom. The number of methoxy groups -OCH3 is 2. The van der Waals surface area contributed by atoms with Crippen LogP contribution in [0.2, 0.25) is 4.47 Å². The van der Waals surface area contributed by atoms with Crippen molar-refractivity contribution in [3.05, 3.63) is 18.2 Å². The standard InChI is InChI=1S/C10H14Br2O2Te/c1-4-15(11,12)10-8(13-2)6-5-7-9(10)14-3/h5-7H,4H2,1-3H3. The monoisotopic (exact) mass is 454 g/mol. The van der Waals surface area contributed by atoms with Crippen LogP contribution in [0.25, 0.3) is 0 Å². The van der Waals surface area contributed by atoms with E-state index in [1.54, 1.807) is 14.2 Å². The van der Waals surface area contributed by atoms with Gasteiger partial charge < -0.3 is 0 Å². The molecule has 5 heteroatoms. The molecule has 1 rings (SSSR count).